The summed E-state index contributed by atoms with van der Waals surface area (Å²) in [6, 6.07) is 10.3. The number of amides is 1. The van der Waals surface area contributed by atoms with Gasteiger partial charge in [0.25, 0.3) is 0 Å². The lowest BCUT2D eigenvalue weighted by molar-refractivity contribution is -0.130. The van der Waals surface area contributed by atoms with Crippen molar-refractivity contribution < 1.29 is 18.7 Å². The SMILES string of the molecule is COC(=O)c1ccc(CN2C[C@@H]3CN(C(C)=O)[C@H](c4cccc(F)c4)[C@@H]3C2)s1. The lowest BCUT2D eigenvalue weighted by Gasteiger charge is -2.29. The van der Waals surface area contributed by atoms with Crippen LogP contribution in [0.25, 0.3) is 0 Å². The first kappa shape index (κ1) is 19.1. The van der Waals surface area contributed by atoms with E-state index in [1.165, 1.54) is 24.5 Å². The first-order valence-electron chi connectivity index (χ1n) is 9.38. The number of rotatable bonds is 4. The van der Waals surface area contributed by atoms with Gasteiger partial charge in [-0.3, -0.25) is 9.69 Å². The number of methoxy groups -OCH3 is 1. The molecule has 28 heavy (non-hydrogen) atoms. The number of benzene rings is 1. The number of fused-ring (bicyclic) bond motifs is 1. The quantitative estimate of drug-likeness (QED) is 0.736. The molecule has 1 aromatic heterocycles. The predicted octanol–water partition coefficient (Wildman–Crippen LogP) is 3.33. The van der Waals surface area contributed by atoms with Crippen LogP contribution >= 0.6 is 11.3 Å². The fourth-order valence-electron chi connectivity index (χ4n) is 4.60. The third-order valence-electron chi connectivity index (χ3n) is 5.76. The van der Waals surface area contributed by atoms with Crippen LogP contribution in [0.5, 0.6) is 0 Å². The maximum absolute atomic E-state index is 13.8. The summed E-state index contributed by atoms with van der Waals surface area (Å²) in [7, 11) is 1.39. The Morgan fingerprint density at radius 3 is 2.75 bits per heavy atom. The van der Waals surface area contributed by atoms with Gasteiger partial charge < -0.3 is 9.64 Å². The number of carbonyl (C=O) groups excluding carboxylic acids is 2. The Labute approximate surface area is 167 Å². The van der Waals surface area contributed by atoms with E-state index in [2.05, 4.69) is 4.90 Å². The monoisotopic (exact) mass is 402 g/mol. The van der Waals surface area contributed by atoms with E-state index < -0.39 is 0 Å². The van der Waals surface area contributed by atoms with Crippen LogP contribution in [0, 0.1) is 17.7 Å². The van der Waals surface area contributed by atoms with Gasteiger partial charge in [-0.1, -0.05) is 12.1 Å². The van der Waals surface area contributed by atoms with Crippen LogP contribution in [0.3, 0.4) is 0 Å². The maximum atomic E-state index is 13.8. The van der Waals surface area contributed by atoms with Crippen molar-refractivity contribution in [3.63, 3.8) is 0 Å². The fourth-order valence-corrected chi connectivity index (χ4v) is 5.57. The first-order valence-corrected chi connectivity index (χ1v) is 10.2. The zero-order chi connectivity index (χ0) is 19.8. The van der Waals surface area contributed by atoms with Gasteiger partial charge in [-0.2, -0.15) is 0 Å². The van der Waals surface area contributed by atoms with Crippen molar-refractivity contribution in [3.8, 4) is 0 Å². The van der Waals surface area contributed by atoms with Crippen molar-refractivity contribution in [2.75, 3.05) is 26.7 Å². The molecule has 0 N–H and O–H groups in total. The Kier molecular flexibility index (Phi) is 5.21. The second-order valence-corrected chi connectivity index (χ2v) is 8.72. The summed E-state index contributed by atoms with van der Waals surface area (Å²) < 4.78 is 18.6. The molecule has 0 radical (unpaired) electrons. The summed E-state index contributed by atoms with van der Waals surface area (Å²) in [4.78, 5) is 29.8. The van der Waals surface area contributed by atoms with Gasteiger partial charge in [-0.15, -0.1) is 11.3 Å². The standard InChI is InChI=1S/C21H23FN2O3S/c1-13(25)24-10-15-9-23(11-17-6-7-19(28-17)21(26)27-2)12-18(15)20(24)14-4-3-5-16(22)8-14/h3-8,15,18,20H,9-12H2,1-2H3/t15-,18-,20-/m1/s1. The molecular formula is C21H23FN2O3S. The minimum Gasteiger partial charge on any atom is -0.465 e. The van der Waals surface area contributed by atoms with E-state index in [1.807, 2.05) is 17.0 Å². The van der Waals surface area contributed by atoms with Gasteiger partial charge in [0.05, 0.1) is 13.2 Å². The molecule has 0 saturated carbocycles. The summed E-state index contributed by atoms with van der Waals surface area (Å²) in [5.74, 6) is 0.116. The topological polar surface area (TPSA) is 49.9 Å². The maximum Gasteiger partial charge on any atom is 0.348 e. The number of likely N-dealkylation sites (tertiary alicyclic amines) is 2. The molecule has 5 nitrogen and oxygen atoms in total. The molecule has 4 rings (SSSR count). The van der Waals surface area contributed by atoms with Crippen LogP contribution in [0.15, 0.2) is 36.4 Å². The number of thiophene rings is 1. The lowest BCUT2D eigenvalue weighted by Crippen LogP contribution is -2.34. The van der Waals surface area contributed by atoms with Gasteiger partial charge in [0.2, 0.25) is 5.91 Å². The van der Waals surface area contributed by atoms with Crippen LogP contribution in [-0.4, -0.2) is 48.4 Å². The molecule has 3 atom stereocenters. The Morgan fingerprint density at radius 1 is 1.21 bits per heavy atom. The molecule has 1 aromatic carbocycles. The van der Waals surface area contributed by atoms with Crippen molar-refractivity contribution in [1.82, 2.24) is 9.80 Å². The number of halogens is 1. The van der Waals surface area contributed by atoms with Gasteiger partial charge >= 0.3 is 5.97 Å². The van der Waals surface area contributed by atoms with Crippen molar-refractivity contribution in [2.24, 2.45) is 11.8 Å². The number of nitrogens with zero attached hydrogens (tertiary/aromatic N) is 2. The van der Waals surface area contributed by atoms with E-state index in [4.69, 9.17) is 4.74 Å². The average molecular weight is 402 g/mol. The highest BCUT2D eigenvalue weighted by Gasteiger charge is 2.48. The summed E-state index contributed by atoms with van der Waals surface area (Å²) in [6.45, 7) is 4.80. The zero-order valence-corrected chi connectivity index (χ0v) is 16.7. The number of carbonyl (C=O) groups is 2. The molecule has 7 heteroatoms. The summed E-state index contributed by atoms with van der Waals surface area (Å²) in [6.07, 6.45) is 0. The van der Waals surface area contributed by atoms with Gasteiger partial charge in [0.15, 0.2) is 0 Å². The molecule has 2 fully saturated rings. The summed E-state index contributed by atoms with van der Waals surface area (Å²) >= 11 is 1.45. The van der Waals surface area contributed by atoms with E-state index in [1.54, 1.807) is 25.1 Å². The molecule has 0 aliphatic carbocycles. The van der Waals surface area contributed by atoms with E-state index in [-0.39, 0.29) is 29.7 Å². The average Bonchev–Trinajstić information content (AvgIpc) is 3.35. The van der Waals surface area contributed by atoms with Gasteiger partial charge in [0.1, 0.15) is 10.7 Å². The van der Waals surface area contributed by atoms with Crippen LogP contribution in [0.2, 0.25) is 0 Å². The molecule has 148 valence electrons. The molecule has 2 saturated heterocycles. The van der Waals surface area contributed by atoms with Crippen LogP contribution in [0.4, 0.5) is 4.39 Å². The predicted molar refractivity (Wildman–Crippen MR) is 104 cm³/mol. The molecule has 3 heterocycles. The van der Waals surface area contributed by atoms with Crippen molar-refractivity contribution >= 4 is 23.2 Å². The summed E-state index contributed by atoms with van der Waals surface area (Å²) in [5.41, 5.74) is 0.869. The van der Waals surface area contributed by atoms with Crippen LogP contribution in [-0.2, 0) is 16.1 Å². The first-order chi connectivity index (χ1) is 13.5. The number of esters is 1. The molecule has 0 unspecified atom stereocenters. The van der Waals surface area contributed by atoms with Gasteiger partial charge in [-0.05, 0) is 35.7 Å². The van der Waals surface area contributed by atoms with Crippen LogP contribution < -0.4 is 0 Å². The largest absolute Gasteiger partial charge is 0.465 e. The molecule has 0 spiro atoms. The minimum absolute atomic E-state index is 0.0381. The van der Waals surface area contributed by atoms with Crippen molar-refractivity contribution in [1.29, 1.82) is 0 Å². The highest BCUT2D eigenvalue weighted by Crippen LogP contribution is 2.45. The third-order valence-corrected chi connectivity index (χ3v) is 6.81. The second-order valence-electron chi connectivity index (χ2n) is 7.55. The minimum atomic E-state index is -0.308. The van der Waals surface area contributed by atoms with Crippen molar-refractivity contribution in [3.05, 3.63) is 57.5 Å². The number of hydrogen-bond acceptors (Lipinski definition) is 5. The summed E-state index contributed by atoms with van der Waals surface area (Å²) in [5, 5.41) is 0. The van der Waals surface area contributed by atoms with Gasteiger partial charge in [-0.25, -0.2) is 9.18 Å². The van der Waals surface area contributed by atoms with E-state index in [0.29, 0.717) is 17.3 Å². The zero-order valence-electron chi connectivity index (χ0n) is 15.9. The van der Waals surface area contributed by atoms with E-state index in [0.717, 1.165) is 30.1 Å². The Hall–Kier alpha value is -2.25. The van der Waals surface area contributed by atoms with E-state index in [9.17, 15) is 14.0 Å². The number of ether oxygens (including phenoxy) is 1. The normalized spacial score (nSPS) is 24.4. The smallest absolute Gasteiger partial charge is 0.348 e. The Balaban J connectivity index is 1.51. The molecule has 0 bridgehead atoms. The lowest BCUT2D eigenvalue weighted by atomic mass is 9.89. The second kappa shape index (κ2) is 7.64. The molecule has 2 aliphatic heterocycles. The Bertz CT molecular complexity index is 899. The Morgan fingerprint density at radius 2 is 2.04 bits per heavy atom. The van der Waals surface area contributed by atoms with Crippen molar-refractivity contribution in [2.45, 2.75) is 19.5 Å². The molecule has 2 aliphatic rings. The molecule has 2 aromatic rings. The molecule has 1 amide bonds. The van der Waals surface area contributed by atoms with Crippen LogP contribution in [0.1, 0.15) is 33.1 Å². The van der Waals surface area contributed by atoms with E-state index >= 15 is 0 Å². The molecular weight excluding hydrogens is 379 g/mol. The third kappa shape index (κ3) is 3.56. The van der Waals surface area contributed by atoms with Gasteiger partial charge in [0, 0.05) is 43.9 Å². The highest BCUT2D eigenvalue weighted by molar-refractivity contribution is 7.13. The highest BCUT2D eigenvalue weighted by atomic mass is 32.1. The fraction of sp³-hybridized carbons (Fsp3) is 0.429. The number of hydrogen-bond donors (Lipinski definition) is 0.